The Bertz CT molecular complexity index is 461. The molecule has 3 heteroatoms. The number of hydrogen-bond acceptors (Lipinski definition) is 2. The van der Waals surface area contributed by atoms with Crippen LogP contribution in [0.5, 0.6) is 0 Å². The number of carbonyl (C=O) groups is 1. The van der Waals surface area contributed by atoms with E-state index in [1.807, 2.05) is 36.4 Å². The van der Waals surface area contributed by atoms with Crippen LogP contribution < -0.4 is 5.32 Å². The zero-order valence-electron chi connectivity index (χ0n) is 11.1. The van der Waals surface area contributed by atoms with Crippen LogP contribution in [0, 0.1) is 5.92 Å². The lowest BCUT2D eigenvalue weighted by Crippen LogP contribution is -2.57. The third-order valence-corrected chi connectivity index (χ3v) is 4.21. The van der Waals surface area contributed by atoms with Crippen LogP contribution >= 0.6 is 0 Å². The van der Waals surface area contributed by atoms with Crippen LogP contribution in [0.25, 0.3) is 6.08 Å². The summed E-state index contributed by atoms with van der Waals surface area (Å²) in [5.74, 6) is 0.710. The van der Waals surface area contributed by atoms with Gasteiger partial charge in [0.15, 0.2) is 0 Å². The number of amides is 1. The van der Waals surface area contributed by atoms with Crippen LogP contribution in [0.4, 0.5) is 0 Å². The zero-order chi connectivity index (χ0) is 13.1. The maximum Gasteiger partial charge on any atom is 0.244 e. The molecule has 1 N–H and O–H groups in total. The van der Waals surface area contributed by atoms with Crippen molar-refractivity contribution in [2.45, 2.75) is 18.9 Å². The quantitative estimate of drug-likeness (QED) is 0.838. The van der Waals surface area contributed by atoms with Crippen LogP contribution in [-0.2, 0) is 4.79 Å². The molecule has 3 fully saturated rings. The first kappa shape index (κ1) is 12.4. The molecule has 1 aromatic carbocycles. The Morgan fingerprint density at radius 3 is 2.58 bits per heavy atom. The van der Waals surface area contributed by atoms with Gasteiger partial charge in [-0.15, -0.1) is 0 Å². The Kier molecular flexibility index (Phi) is 3.65. The zero-order valence-corrected chi connectivity index (χ0v) is 11.1. The van der Waals surface area contributed by atoms with E-state index in [1.54, 1.807) is 6.08 Å². The van der Waals surface area contributed by atoms with Crippen molar-refractivity contribution in [3.05, 3.63) is 42.0 Å². The van der Waals surface area contributed by atoms with Crippen LogP contribution in [0.15, 0.2) is 36.4 Å². The Balaban J connectivity index is 1.55. The molecule has 0 aliphatic carbocycles. The minimum Gasteiger partial charge on any atom is -0.348 e. The second-order valence-corrected chi connectivity index (χ2v) is 5.50. The second-order valence-electron chi connectivity index (χ2n) is 5.50. The number of benzene rings is 1. The minimum atomic E-state index is 0.0302. The maximum atomic E-state index is 11.9. The van der Waals surface area contributed by atoms with E-state index in [4.69, 9.17) is 0 Å². The maximum absolute atomic E-state index is 11.9. The Hall–Kier alpha value is -1.61. The van der Waals surface area contributed by atoms with Crippen LogP contribution in [-0.4, -0.2) is 36.5 Å². The Morgan fingerprint density at radius 2 is 1.95 bits per heavy atom. The highest BCUT2D eigenvalue weighted by molar-refractivity contribution is 5.91. The van der Waals surface area contributed by atoms with Gasteiger partial charge in [0.2, 0.25) is 5.91 Å². The van der Waals surface area contributed by atoms with Gasteiger partial charge >= 0.3 is 0 Å². The van der Waals surface area contributed by atoms with E-state index >= 15 is 0 Å². The molecule has 3 nitrogen and oxygen atoms in total. The average molecular weight is 256 g/mol. The van der Waals surface area contributed by atoms with E-state index in [0.717, 1.165) is 12.1 Å². The molecule has 0 saturated carbocycles. The summed E-state index contributed by atoms with van der Waals surface area (Å²) in [5, 5.41) is 3.15. The third kappa shape index (κ3) is 3.04. The largest absolute Gasteiger partial charge is 0.348 e. The molecule has 3 aliphatic rings. The summed E-state index contributed by atoms with van der Waals surface area (Å²) in [7, 11) is 0. The van der Waals surface area contributed by atoms with Gasteiger partial charge in [-0.25, -0.2) is 0 Å². The Morgan fingerprint density at radius 1 is 1.21 bits per heavy atom. The normalized spacial score (nSPS) is 29.6. The summed E-state index contributed by atoms with van der Waals surface area (Å²) in [5.41, 5.74) is 1.06. The molecular weight excluding hydrogens is 236 g/mol. The first-order valence-corrected chi connectivity index (χ1v) is 7.07. The molecule has 3 aliphatic heterocycles. The molecule has 1 amide bonds. The van der Waals surface area contributed by atoms with E-state index in [0.29, 0.717) is 12.0 Å². The highest BCUT2D eigenvalue weighted by Crippen LogP contribution is 2.27. The first-order chi connectivity index (χ1) is 9.31. The molecule has 0 aromatic heterocycles. The molecule has 0 radical (unpaired) electrons. The number of nitrogens with zero attached hydrogens (tertiary/aromatic N) is 1. The van der Waals surface area contributed by atoms with Crippen molar-refractivity contribution in [1.29, 1.82) is 0 Å². The van der Waals surface area contributed by atoms with Gasteiger partial charge in [-0.1, -0.05) is 30.3 Å². The lowest BCUT2D eigenvalue weighted by molar-refractivity contribution is -0.118. The molecule has 100 valence electrons. The van der Waals surface area contributed by atoms with Crippen molar-refractivity contribution in [2.24, 2.45) is 5.92 Å². The SMILES string of the molecule is O=C(/C=C/c1ccccc1)N[C@@H]1CN2CCC1CC2. The lowest BCUT2D eigenvalue weighted by Gasteiger charge is -2.44. The summed E-state index contributed by atoms with van der Waals surface area (Å²) >= 11 is 0. The molecule has 3 heterocycles. The number of fused-ring (bicyclic) bond motifs is 3. The highest BCUT2D eigenvalue weighted by atomic mass is 16.1. The summed E-state index contributed by atoms with van der Waals surface area (Å²) < 4.78 is 0. The smallest absolute Gasteiger partial charge is 0.244 e. The molecule has 0 spiro atoms. The van der Waals surface area contributed by atoms with E-state index in [2.05, 4.69) is 10.2 Å². The van der Waals surface area contributed by atoms with Gasteiger partial charge in [0, 0.05) is 18.7 Å². The van der Waals surface area contributed by atoms with Gasteiger partial charge in [-0.3, -0.25) is 4.79 Å². The number of carbonyl (C=O) groups excluding carboxylic acids is 1. The number of hydrogen-bond donors (Lipinski definition) is 1. The number of piperidine rings is 3. The van der Waals surface area contributed by atoms with Gasteiger partial charge in [0.05, 0.1) is 0 Å². The molecule has 4 rings (SSSR count). The fourth-order valence-electron chi connectivity index (χ4n) is 3.10. The molecule has 0 unspecified atom stereocenters. The molecule has 1 aromatic rings. The van der Waals surface area contributed by atoms with E-state index < -0.39 is 0 Å². The van der Waals surface area contributed by atoms with E-state index in [9.17, 15) is 4.79 Å². The minimum absolute atomic E-state index is 0.0302. The number of rotatable bonds is 3. The van der Waals surface area contributed by atoms with E-state index in [1.165, 1.54) is 25.9 Å². The highest BCUT2D eigenvalue weighted by Gasteiger charge is 2.34. The second kappa shape index (κ2) is 5.57. The predicted molar refractivity (Wildman–Crippen MR) is 76.6 cm³/mol. The van der Waals surface area contributed by atoms with Crippen molar-refractivity contribution >= 4 is 12.0 Å². The standard InChI is InChI=1S/C16H20N2O/c19-16(7-6-13-4-2-1-3-5-13)17-15-12-18-10-8-14(15)9-11-18/h1-7,14-15H,8-12H2,(H,17,19)/b7-6+/t15-/m1/s1. The summed E-state index contributed by atoms with van der Waals surface area (Å²) in [6.07, 6.45) is 5.98. The van der Waals surface area contributed by atoms with Gasteiger partial charge in [0.25, 0.3) is 0 Å². The Labute approximate surface area is 114 Å². The van der Waals surface area contributed by atoms with Crippen molar-refractivity contribution in [2.75, 3.05) is 19.6 Å². The average Bonchev–Trinajstić information content (AvgIpc) is 2.47. The van der Waals surface area contributed by atoms with Gasteiger partial charge < -0.3 is 10.2 Å². The molecule has 19 heavy (non-hydrogen) atoms. The summed E-state index contributed by atoms with van der Waals surface area (Å²) in [6, 6.07) is 10.3. The molecule has 3 saturated heterocycles. The lowest BCUT2D eigenvalue weighted by atomic mass is 9.84. The van der Waals surface area contributed by atoms with Crippen molar-refractivity contribution in [3.63, 3.8) is 0 Å². The fourth-order valence-corrected chi connectivity index (χ4v) is 3.10. The molecule has 1 atom stereocenters. The third-order valence-electron chi connectivity index (χ3n) is 4.21. The van der Waals surface area contributed by atoms with Crippen molar-refractivity contribution < 1.29 is 4.79 Å². The predicted octanol–water partition coefficient (Wildman–Crippen LogP) is 1.91. The van der Waals surface area contributed by atoms with E-state index in [-0.39, 0.29) is 5.91 Å². The van der Waals surface area contributed by atoms with Gasteiger partial charge in [0.1, 0.15) is 0 Å². The summed E-state index contributed by atoms with van der Waals surface area (Å²) in [4.78, 5) is 14.4. The van der Waals surface area contributed by atoms with Crippen molar-refractivity contribution in [3.8, 4) is 0 Å². The molecule has 2 bridgehead atoms. The topological polar surface area (TPSA) is 32.3 Å². The monoisotopic (exact) mass is 256 g/mol. The van der Waals surface area contributed by atoms with Crippen LogP contribution in [0.3, 0.4) is 0 Å². The number of nitrogens with one attached hydrogen (secondary N) is 1. The van der Waals surface area contributed by atoms with Gasteiger partial charge in [-0.05, 0) is 43.5 Å². The molecular formula is C16H20N2O. The summed E-state index contributed by atoms with van der Waals surface area (Å²) in [6.45, 7) is 3.43. The van der Waals surface area contributed by atoms with Gasteiger partial charge in [-0.2, -0.15) is 0 Å². The first-order valence-electron chi connectivity index (χ1n) is 7.07. The van der Waals surface area contributed by atoms with Crippen molar-refractivity contribution in [1.82, 2.24) is 10.2 Å². The fraction of sp³-hybridized carbons (Fsp3) is 0.438. The van der Waals surface area contributed by atoms with Crippen LogP contribution in [0.1, 0.15) is 18.4 Å². The van der Waals surface area contributed by atoms with Crippen LogP contribution in [0.2, 0.25) is 0 Å².